The maximum atomic E-state index is 12.6. The van der Waals surface area contributed by atoms with Crippen LogP contribution in [0.2, 0.25) is 0 Å². The number of nitrogens with one attached hydrogen (secondary N) is 1. The molecule has 4 heteroatoms. The van der Waals surface area contributed by atoms with Crippen molar-refractivity contribution in [3.05, 3.63) is 96.1 Å². The van der Waals surface area contributed by atoms with E-state index >= 15 is 0 Å². The van der Waals surface area contributed by atoms with E-state index in [1.807, 2.05) is 30.3 Å². The molecule has 1 atom stereocenters. The van der Waals surface area contributed by atoms with Gasteiger partial charge in [-0.2, -0.15) is 0 Å². The highest BCUT2D eigenvalue weighted by Crippen LogP contribution is 2.35. The van der Waals surface area contributed by atoms with Crippen LogP contribution in [0, 0.1) is 0 Å². The lowest BCUT2D eigenvalue weighted by Gasteiger charge is -2.38. The fourth-order valence-electron chi connectivity index (χ4n) is 3.90. The number of aryl methyl sites for hydroxylation is 1. The van der Waals surface area contributed by atoms with E-state index in [0.29, 0.717) is 19.6 Å². The van der Waals surface area contributed by atoms with Crippen LogP contribution in [0.15, 0.2) is 84.9 Å². The zero-order chi connectivity index (χ0) is 20.6. The quantitative estimate of drug-likeness (QED) is 0.562. The molecule has 0 bridgehead atoms. The minimum atomic E-state index is 0.00855. The standard InChI is InChI=1S/C26H28N2O2/c29-26(27-17-9-14-21-10-3-1-4-11-21)18-23-20-30-25-16-8-7-15-24(25)28(23)19-22-12-5-2-6-13-22/h1-8,10-13,15-16,23H,9,14,17-20H2,(H,27,29)/t23-/m1/s1. The molecule has 1 N–H and O–H groups in total. The van der Waals surface area contributed by atoms with Crippen LogP contribution in [-0.2, 0) is 17.8 Å². The van der Waals surface area contributed by atoms with Crippen molar-refractivity contribution in [2.45, 2.75) is 31.8 Å². The van der Waals surface area contributed by atoms with E-state index in [4.69, 9.17) is 4.74 Å². The normalized spacial score (nSPS) is 15.2. The second-order valence-electron chi connectivity index (χ2n) is 7.69. The van der Waals surface area contributed by atoms with Crippen LogP contribution in [-0.4, -0.2) is 25.1 Å². The molecule has 3 aromatic carbocycles. The smallest absolute Gasteiger partial charge is 0.222 e. The van der Waals surface area contributed by atoms with Crippen molar-refractivity contribution in [3.8, 4) is 5.75 Å². The Morgan fingerprint density at radius 1 is 0.900 bits per heavy atom. The van der Waals surface area contributed by atoms with Crippen LogP contribution in [0.5, 0.6) is 5.75 Å². The number of hydrogen-bond donors (Lipinski definition) is 1. The molecule has 0 saturated carbocycles. The molecule has 0 unspecified atom stereocenters. The molecule has 0 aliphatic carbocycles. The summed E-state index contributed by atoms with van der Waals surface area (Å²) >= 11 is 0. The summed E-state index contributed by atoms with van der Waals surface area (Å²) in [7, 11) is 0. The van der Waals surface area contributed by atoms with Crippen molar-refractivity contribution in [3.63, 3.8) is 0 Å². The molecular formula is C26H28N2O2. The third-order valence-corrected chi connectivity index (χ3v) is 5.47. The minimum absolute atomic E-state index is 0.00855. The third-order valence-electron chi connectivity index (χ3n) is 5.47. The molecule has 1 aliphatic rings. The first-order valence-electron chi connectivity index (χ1n) is 10.6. The maximum absolute atomic E-state index is 12.6. The average Bonchev–Trinajstić information content (AvgIpc) is 2.80. The van der Waals surface area contributed by atoms with Gasteiger partial charge in [-0.25, -0.2) is 0 Å². The van der Waals surface area contributed by atoms with Crippen LogP contribution in [0.4, 0.5) is 5.69 Å². The fourth-order valence-corrected chi connectivity index (χ4v) is 3.90. The van der Waals surface area contributed by atoms with Gasteiger partial charge < -0.3 is 15.0 Å². The Balaban J connectivity index is 1.36. The van der Waals surface area contributed by atoms with Crippen molar-refractivity contribution in [1.29, 1.82) is 0 Å². The molecule has 154 valence electrons. The average molecular weight is 401 g/mol. The lowest BCUT2D eigenvalue weighted by Crippen LogP contribution is -2.45. The Morgan fingerprint density at radius 2 is 1.57 bits per heavy atom. The van der Waals surface area contributed by atoms with Crippen LogP contribution < -0.4 is 15.0 Å². The second-order valence-corrected chi connectivity index (χ2v) is 7.69. The molecule has 0 saturated heterocycles. The first-order chi connectivity index (χ1) is 14.8. The number of amides is 1. The van der Waals surface area contributed by atoms with E-state index in [1.54, 1.807) is 0 Å². The fraction of sp³-hybridized carbons (Fsp3) is 0.269. The van der Waals surface area contributed by atoms with Crippen LogP contribution in [0.1, 0.15) is 24.0 Å². The van der Waals surface area contributed by atoms with Gasteiger partial charge in [0, 0.05) is 13.1 Å². The zero-order valence-corrected chi connectivity index (χ0v) is 17.2. The first kappa shape index (κ1) is 20.0. The number of carbonyl (C=O) groups excluding carboxylic acids is 1. The molecule has 4 nitrogen and oxygen atoms in total. The van der Waals surface area contributed by atoms with Crippen LogP contribution in [0.3, 0.4) is 0 Å². The van der Waals surface area contributed by atoms with Crippen molar-refractivity contribution in [2.24, 2.45) is 0 Å². The Kier molecular flexibility index (Phi) is 6.65. The highest BCUT2D eigenvalue weighted by molar-refractivity contribution is 5.77. The third kappa shape index (κ3) is 5.20. The van der Waals surface area contributed by atoms with E-state index in [1.165, 1.54) is 11.1 Å². The number of carbonyl (C=O) groups is 1. The van der Waals surface area contributed by atoms with Gasteiger partial charge in [-0.15, -0.1) is 0 Å². The predicted molar refractivity (Wildman–Crippen MR) is 121 cm³/mol. The Labute approximate surface area is 178 Å². The van der Waals surface area contributed by atoms with Gasteiger partial charge in [-0.3, -0.25) is 4.79 Å². The number of nitrogens with zero attached hydrogens (tertiary/aromatic N) is 1. The monoisotopic (exact) mass is 400 g/mol. The van der Waals surface area contributed by atoms with Crippen molar-refractivity contribution in [1.82, 2.24) is 5.32 Å². The second kappa shape index (κ2) is 9.97. The number of fused-ring (bicyclic) bond motifs is 1. The zero-order valence-electron chi connectivity index (χ0n) is 17.2. The van der Waals surface area contributed by atoms with Gasteiger partial charge in [-0.1, -0.05) is 72.8 Å². The SMILES string of the molecule is O=C(C[C@@H]1COc2ccccc2N1Cc1ccccc1)NCCCc1ccccc1. The maximum Gasteiger partial charge on any atom is 0.222 e. The molecule has 3 aromatic rings. The molecular weight excluding hydrogens is 372 g/mol. The lowest BCUT2D eigenvalue weighted by atomic mass is 10.1. The van der Waals surface area contributed by atoms with Gasteiger partial charge in [0.15, 0.2) is 0 Å². The van der Waals surface area contributed by atoms with Gasteiger partial charge in [0.2, 0.25) is 5.91 Å². The van der Waals surface area contributed by atoms with E-state index in [2.05, 4.69) is 64.8 Å². The van der Waals surface area contributed by atoms with Crippen LogP contribution >= 0.6 is 0 Å². The molecule has 1 aliphatic heterocycles. The summed E-state index contributed by atoms with van der Waals surface area (Å²) in [5.41, 5.74) is 3.58. The number of para-hydroxylation sites is 2. The van der Waals surface area contributed by atoms with Gasteiger partial charge in [0.05, 0.1) is 18.2 Å². The molecule has 1 amide bonds. The van der Waals surface area contributed by atoms with Gasteiger partial charge in [0.25, 0.3) is 0 Å². The predicted octanol–water partition coefficient (Wildman–Crippen LogP) is 4.59. The number of rotatable bonds is 8. The minimum Gasteiger partial charge on any atom is -0.489 e. The summed E-state index contributed by atoms with van der Waals surface area (Å²) in [5, 5.41) is 3.09. The van der Waals surface area contributed by atoms with Gasteiger partial charge in [-0.05, 0) is 36.1 Å². The number of hydrogen-bond acceptors (Lipinski definition) is 3. The van der Waals surface area contributed by atoms with Crippen molar-refractivity contribution < 1.29 is 9.53 Å². The lowest BCUT2D eigenvalue weighted by molar-refractivity contribution is -0.121. The summed E-state index contributed by atoms with van der Waals surface area (Å²) in [5.74, 6) is 0.960. The molecule has 4 rings (SSSR count). The summed E-state index contributed by atoms with van der Waals surface area (Å²) < 4.78 is 5.97. The highest BCUT2D eigenvalue weighted by Gasteiger charge is 2.29. The number of ether oxygens (including phenoxy) is 1. The first-order valence-corrected chi connectivity index (χ1v) is 10.6. The molecule has 0 spiro atoms. The van der Waals surface area contributed by atoms with E-state index in [9.17, 15) is 4.79 Å². The highest BCUT2D eigenvalue weighted by atomic mass is 16.5. The summed E-state index contributed by atoms with van der Waals surface area (Å²) in [6, 6.07) is 28.8. The van der Waals surface area contributed by atoms with Gasteiger partial charge in [0.1, 0.15) is 12.4 Å². The topological polar surface area (TPSA) is 41.6 Å². The van der Waals surface area contributed by atoms with E-state index in [0.717, 1.165) is 30.8 Å². The molecule has 0 aromatic heterocycles. The largest absolute Gasteiger partial charge is 0.489 e. The van der Waals surface area contributed by atoms with Gasteiger partial charge >= 0.3 is 0 Å². The Morgan fingerprint density at radius 3 is 2.33 bits per heavy atom. The number of benzene rings is 3. The van der Waals surface area contributed by atoms with E-state index < -0.39 is 0 Å². The van der Waals surface area contributed by atoms with Crippen molar-refractivity contribution >= 4 is 11.6 Å². The number of anilines is 1. The molecule has 30 heavy (non-hydrogen) atoms. The van der Waals surface area contributed by atoms with Crippen molar-refractivity contribution in [2.75, 3.05) is 18.1 Å². The molecule has 1 heterocycles. The Bertz CT molecular complexity index is 944. The molecule has 0 fully saturated rings. The summed E-state index contributed by atoms with van der Waals surface area (Å²) in [4.78, 5) is 14.9. The molecule has 0 radical (unpaired) electrons. The Hall–Kier alpha value is -3.27. The van der Waals surface area contributed by atoms with E-state index in [-0.39, 0.29) is 11.9 Å². The summed E-state index contributed by atoms with van der Waals surface area (Å²) in [6.07, 6.45) is 2.33. The summed E-state index contributed by atoms with van der Waals surface area (Å²) in [6.45, 7) is 1.96. The van der Waals surface area contributed by atoms with Crippen LogP contribution in [0.25, 0.3) is 0 Å².